The first-order chi connectivity index (χ1) is 9.04. The molecule has 1 rings (SSSR count). The van der Waals surface area contributed by atoms with Crippen molar-refractivity contribution in [3.63, 3.8) is 0 Å². The van der Waals surface area contributed by atoms with Crippen LogP contribution in [0.3, 0.4) is 0 Å². The maximum atomic E-state index is 12.4. The Labute approximate surface area is 120 Å². The van der Waals surface area contributed by atoms with Gasteiger partial charge in [0.05, 0.1) is 11.4 Å². The number of benzene rings is 1. The van der Waals surface area contributed by atoms with E-state index >= 15 is 0 Å². The Kier molecular flexibility index (Phi) is 6.50. The molecule has 3 nitrogen and oxygen atoms in total. The topological polar surface area (TPSA) is 46.3 Å². The molecule has 0 aliphatic heterocycles. The lowest BCUT2D eigenvalue weighted by Crippen LogP contribution is -2.41. The Morgan fingerprint density at radius 2 is 2.00 bits per heavy atom. The van der Waals surface area contributed by atoms with Crippen molar-refractivity contribution >= 4 is 23.1 Å². The summed E-state index contributed by atoms with van der Waals surface area (Å²) in [5.41, 5.74) is 6.57. The van der Waals surface area contributed by atoms with E-state index in [1.165, 1.54) is 0 Å². The van der Waals surface area contributed by atoms with Crippen molar-refractivity contribution in [2.24, 2.45) is 5.73 Å². The first kappa shape index (κ1) is 15.6. The van der Waals surface area contributed by atoms with Gasteiger partial charge in [-0.2, -0.15) is 0 Å². The van der Waals surface area contributed by atoms with Crippen LogP contribution in [-0.4, -0.2) is 28.4 Å². The maximum Gasteiger partial charge on any atom is 0.227 e. The summed E-state index contributed by atoms with van der Waals surface area (Å²) in [6, 6.07) is 10.0. The van der Waals surface area contributed by atoms with Gasteiger partial charge in [-0.05, 0) is 18.9 Å². The zero-order valence-electron chi connectivity index (χ0n) is 11.6. The second kappa shape index (κ2) is 7.89. The monoisotopic (exact) mass is 278 g/mol. The highest BCUT2D eigenvalue weighted by Crippen LogP contribution is 2.09. The van der Waals surface area contributed by atoms with Gasteiger partial charge in [0, 0.05) is 19.0 Å². The highest BCUT2D eigenvalue weighted by molar-refractivity contribution is 7.80. The molecular weight excluding hydrogens is 256 g/mol. The molecule has 1 aromatic carbocycles. The molecule has 0 aliphatic carbocycles. The second-order valence-corrected chi connectivity index (χ2v) is 5.25. The minimum atomic E-state index is 0.136. The lowest BCUT2D eigenvalue weighted by atomic mass is 10.1. The summed E-state index contributed by atoms with van der Waals surface area (Å²) >= 11 is 4.89. The molecule has 0 fully saturated rings. The van der Waals surface area contributed by atoms with E-state index in [-0.39, 0.29) is 11.9 Å². The van der Waals surface area contributed by atoms with Gasteiger partial charge < -0.3 is 10.6 Å². The molecule has 0 heterocycles. The largest absolute Gasteiger partial charge is 0.393 e. The number of carbonyl (C=O) groups is 1. The fraction of sp³-hybridized carbons (Fsp3) is 0.467. The normalized spacial score (nSPS) is 11.9. The smallest absolute Gasteiger partial charge is 0.227 e. The van der Waals surface area contributed by atoms with Crippen LogP contribution in [0.4, 0.5) is 0 Å². The van der Waals surface area contributed by atoms with Gasteiger partial charge in [0.1, 0.15) is 0 Å². The molecule has 0 saturated carbocycles. The SMILES string of the molecule is CCC(C)N(CCC(N)=S)C(=O)Cc1ccccc1. The van der Waals surface area contributed by atoms with Crippen molar-refractivity contribution in [3.8, 4) is 0 Å². The van der Waals surface area contributed by atoms with Crippen LogP contribution in [0.2, 0.25) is 0 Å². The molecule has 0 saturated heterocycles. The second-order valence-electron chi connectivity index (χ2n) is 4.72. The molecule has 4 heteroatoms. The van der Waals surface area contributed by atoms with Crippen molar-refractivity contribution in [2.75, 3.05) is 6.54 Å². The summed E-state index contributed by atoms with van der Waals surface area (Å²) < 4.78 is 0. The van der Waals surface area contributed by atoms with Crippen LogP contribution in [0.1, 0.15) is 32.3 Å². The lowest BCUT2D eigenvalue weighted by Gasteiger charge is -2.28. The summed E-state index contributed by atoms with van der Waals surface area (Å²) in [4.78, 5) is 14.7. The number of carbonyl (C=O) groups excluding carboxylic acids is 1. The third-order valence-electron chi connectivity index (χ3n) is 3.24. The molecule has 1 amide bonds. The third-order valence-corrected chi connectivity index (χ3v) is 3.44. The van der Waals surface area contributed by atoms with E-state index < -0.39 is 0 Å². The number of rotatable bonds is 7. The van der Waals surface area contributed by atoms with Crippen LogP contribution in [0, 0.1) is 0 Å². The Bertz CT molecular complexity index is 419. The summed E-state index contributed by atoms with van der Waals surface area (Å²) in [5, 5.41) is 0. The molecule has 0 aromatic heterocycles. The Morgan fingerprint density at radius 1 is 1.37 bits per heavy atom. The quantitative estimate of drug-likeness (QED) is 0.780. The number of hydrogen-bond donors (Lipinski definition) is 1. The summed E-state index contributed by atoms with van der Waals surface area (Å²) in [5.74, 6) is 0.136. The van der Waals surface area contributed by atoms with E-state index in [9.17, 15) is 4.79 Å². The molecule has 0 radical (unpaired) electrons. The van der Waals surface area contributed by atoms with Crippen molar-refractivity contribution in [2.45, 2.75) is 39.2 Å². The van der Waals surface area contributed by atoms with Crippen LogP contribution >= 0.6 is 12.2 Å². The van der Waals surface area contributed by atoms with E-state index in [1.807, 2.05) is 35.2 Å². The molecule has 0 spiro atoms. The van der Waals surface area contributed by atoms with Gasteiger partial charge >= 0.3 is 0 Å². The zero-order chi connectivity index (χ0) is 14.3. The van der Waals surface area contributed by atoms with Crippen LogP contribution in [-0.2, 0) is 11.2 Å². The first-order valence-electron chi connectivity index (χ1n) is 6.66. The first-order valence-corrected chi connectivity index (χ1v) is 7.07. The predicted molar refractivity (Wildman–Crippen MR) is 83.0 cm³/mol. The lowest BCUT2D eigenvalue weighted by molar-refractivity contribution is -0.132. The summed E-state index contributed by atoms with van der Waals surface area (Å²) in [7, 11) is 0. The van der Waals surface area contributed by atoms with E-state index in [1.54, 1.807) is 0 Å². The van der Waals surface area contributed by atoms with Crippen LogP contribution < -0.4 is 5.73 Å². The van der Waals surface area contributed by atoms with Gasteiger partial charge in [0.25, 0.3) is 0 Å². The Balaban J connectivity index is 2.68. The van der Waals surface area contributed by atoms with Gasteiger partial charge in [-0.3, -0.25) is 4.79 Å². The maximum absolute atomic E-state index is 12.4. The average Bonchev–Trinajstić information content (AvgIpc) is 2.39. The molecule has 1 aromatic rings. The van der Waals surface area contributed by atoms with Crippen LogP contribution in [0.25, 0.3) is 0 Å². The van der Waals surface area contributed by atoms with Gasteiger partial charge in [-0.15, -0.1) is 0 Å². The average molecular weight is 278 g/mol. The molecule has 1 atom stereocenters. The van der Waals surface area contributed by atoms with E-state index in [4.69, 9.17) is 18.0 Å². The molecule has 0 aliphatic rings. The molecule has 0 bridgehead atoms. The van der Waals surface area contributed by atoms with Gasteiger partial charge in [0.15, 0.2) is 0 Å². The number of hydrogen-bond acceptors (Lipinski definition) is 2. The standard InChI is InChI=1S/C15H22N2OS/c1-3-12(2)17(10-9-14(16)19)15(18)11-13-7-5-4-6-8-13/h4-8,12H,3,9-11H2,1-2H3,(H2,16,19). The van der Waals surface area contributed by atoms with E-state index in [0.717, 1.165) is 12.0 Å². The van der Waals surface area contributed by atoms with Crippen molar-refractivity contribution in [1.82, 2.24) is 4.90 Å². The number of nitrogens with two attached hydrogens (primary N) is 1. The minimum Gasteiger partial charge on any atom is -0.393 e. The molecular formula is C15H22N2OS. The molecule has 1 unspecified atom stereocenters. The van der Waals surface area contributed by atoms with E-state index in [0.29, 0.717) is 24.4 Å². The van der Waals surface area contributed by atoms with Crippen molar-refractivity contribution in [3.05, 3.63) is 35.9 Å². The van der Waals surface area contributed by atoms with Gasteiger partial charge in [-0.25, -0.2) is 0 Å². The zero-order valence-corrected chi connectivity index (χ0v) is 12.5. The molecule has 104 valence electrons. The summed E-state index contributed by atoms with van der Waals surface area (Å²) in [6.07, 6.45) is 1.95. The number of amides is 1. The van der Waals surface area contributed by atoms with Crippen LogP contribution in [0.5, 0.6) is 0 Å². The molecule has 19 heavy (non-hydrogen) atoms. The Hall–Kier alpha value is -1.42. The van der Waals surface area contributed by atoms with Gasteiger partial charge in [0.2, 0.25) is 5.91 Å². The number of nitrogens with zero attached hydrogens (tertiary/aromatic N) is 1. The minimum absolute atomic E-state index is 0.136. The Morgan fingerprint density at radius 3 is 2.53 bits per heavy atom. The molecule has 2 N–H and O–H groups in total. The van der Waals surface area contributed by atoms with Crippen molar-refractivity contribution < 1.29 is 4.79 Å². The number of thiocarbonyl (C=S) groups is 1. The highest BCUT2D eigenvalue weighted by Gasteiger charge is 2.18. The highest BCUT2D eigenvalue weighted by atomic mass is 32.1. The fourth-order valence-electron chi connectivity index (χ4n) is 1.91. The fourth-order valence-corrected chi connectivity index (χ4v) is 2.01. The third kappa shape index (κ3) is 5.39. The van der Waals surface area contributed by atoms with Crippen LogP contribution in [0.15, 0.2) is 30.3 Å². The summed E-state index contributed by atoms with van der Waals surface area (Å²) in [6.45, 7) is 4.74. The van der Waals surface area contributed by atoms with Crippen molar-refractivity contribution in [1.29, 1.82) is 0 Å². The van der Waals surface area contributed by atoms with E-state index in [2.05, 4.69) is 13.8 Å². The predicted octanol–water partition coefficient (Wildman–Crippen LogP) is 2.53. The van der Waals surface area contributed by atoms with Gasteiger partial charge in [-0.1, -0.05) is 49.5 Å².